The summed E-state index contributed by atoms with van der Waals surface area (Å²) in [6.07, 6.45) is 4.64. The largest absolute Gasteiger partial charge is 0.497 e. The molecular formula is C15H19N3O3. The standard InChI is InChI=1S/C15H19N3O3/c1-4-13(7-10-15(19)21-3)17-18-16-11-12-5-8-14(20-2)9-6-12/h4-10H,11H2,1-3H3,(H,16,17)/b10-7-,13-4-. The van der Waals surface area contributed by atoms with Crippen LogP contribution in [0.15, 0.2) is 58.5 Å². The van der Waals surface area contributed by atoms with Crippen molar-refractivity contribution in [2.24, 2.45) is 10.3 Å². The maximum Gasteiger partial charge on any atom is 0.330 e. The molecule has 0 aliphatic rings. The number of nitrogens with one attached hydrogen (secondary N) is 1. The highest BCUT2D eigenvalue weighted by molar-refractivity contribution is 5.82. The number of methoxy groups -OCH3 is 2. The van der Waals surface area contributed by atoms with Crippen LogP contribution in [0, 0.1) is 0 Å². The molecule has 0 radical (unpaired) electrons. The molecule has 1 N–H and O–H groups in total. The summed E-state index contributed by atoms with van der Waals surface area (Å²) < 4.78 is 9.58. The molecule has 0 unspecified atom stereocenters. The quantitative estimate of drug-likeness (QED) is 0.275. The van der Waals surface area contributed by atoms with Gasteiger partial charge in [0.2, 0.25) is 0 Å². The maximum absolute atomic E-state index is 11.0. The number of carbonyl (C=O) groups is 1. The fraction of sp³-hybridized carbons (Fsp3) is 0.267. The molecule has 1 aromatic rings. The number of hydrogen-bond acceptors (Lipinski definition) is 5. The molecule has 112 valence electrons. The number of benzene rings is 1. The molecule has 0 saturated heterocycles. The van der Waals surface area contributed by atoms with E-state index in [1.165, 1.54) is 13.2 Å². The Labute approximate surface area is 124 Å². The Morgan fingerprint density at radius 2 is 1.95 bits per heavy atom. The van der Waals surface area contributed by atoms with Crippen LogP contribution in [-0.2, 0) is 16.1 Å². The number of hydrogen-bond donors (Lipinski definition) is 1. The van der Waals surface area contributed by atoms with Crippen LogP contribution in [-0.4, -0.2) is 20.2 Å². The van der Waals surface area contributed by atoms with Gasteiger partial charge in [-0.1, -0.05) is 23.4 Å². The average Bonchev–Trinajstić information content (AvgIpc) is 2.54. The Morgan fingerprint density at radius 3 is 2.52 bits per heavy atom. The Balaban J connectivity index is 2.45. The van der Waals surface area contributed by atoms with Gasteiger partial charge in [-0.25, -0.2) is 4.79 Å². The molecule has 0 aliphatic carbocycles. The predicted octanol–water partition coefficient (Wildman–Crippen LogP) is 2.79. The van der Waals surface area contributed by atoms with Crippen LogP contribution in [0.25, 0.3) is 0 Å². The van der Waals surface area contributed by atoms with Crippen molar-refractivity contribution < 1.29 is 14.3 Å². The highest BCUT2D eigenvalue weighted by Crippen LogP contribution is 2.11. The third-order valence-electron chi connectivity index (χ3n) is 2.57. The fourth-order valence-electron chi connectivity index (χ4n) is 1.36. The first-order valence-electron chi connectivity index (χ1n) is 6.37. The lowest BCUT2D eigenvalue weighted by Crippen LogP contribution is -2.03. The number of carbonyl (C=O) groups excluding carboxylic acids is 1. The maximum atomic E-state index is 11.0. The molecule has 1 rings (SSSR count). The van der Waals surface area contributed by atoms with Crippen LogP contribution in [0.4, 0.5) is 0 Å². The van der Waals surface area contributed by atoms with Crippen LogP contribution in [0.2, 0.25) is 0 Å². The number of ether oxygens (including phenoxy) is 2. The van der Waals surface area contributed by atoms with Gasteiger partial charge in [0.15, 0.2) is 0 Å². The van der Waals surface area contributed by atoms with Crippen LogP contribution >= 0.6 is 0 Å². The smallest absolute Gasteiger partial charge is 0.330 e. The van der Waals surface area contributed by atoms with Crippen molar-refractivity contribution in [1.29, 1.82) is 0 Å². The van der Waals surface area contributed by atoms with Gasteiger partial charge in [0, 0.05) is 6.08 Å². The molecule has 0 aliphatic heterocycles. The summed E-state index contributed by atoms with van der Waals surface area (Å²) in [5.74, 6) is 0.379. The van der Waals surface area contributed by atoms with E-state index in [4.69, 9.17) is 4.74 Å². The number of rotatable bonds is 7. The van der Waals surface area contributed by atoms with E-state index in [2.05, 4.69) is 20.5 Å². The summed E-state index contributed by atoms with van der Waals surface area (Å²) in [6, 6.07) is 7.58. The van der Waals surface area contributed by atoms with Gasteiger partial charge in [0.05, 0.1) is 26.5 Å². The van der Waals surface area contributed by atoms with Crippen LogP contribution in [0.5, 0.6) is 5.75 Å². The lowest BCUT2D eigenvalue weighted by atomic mass is 10.2. The summed E-state index contributed by atoms with van der Waals surface area (Å²) in [5, 5.41) is 7.87. The fourth-order valence-corrected chi connectivity index (χ4v) is 1.36. The first-order valence-corrected chi connectivity index (χ1v) is 6.37. The van der Waals surface area contributed by atoms with Gasteiger partial charge in [-0.3, -0.25) is 5.43 Å². The molecule has 0 bridgehead atoms. The Morgan fingerprint density at radius 1 is 1.24 bits per heavy atom. The predicted molar refractivity (Wildman–Crippen MR) is 79.6 cm³/mol. The molecule has 0 spiro atoms. The van der Waals surface area contributed by atoms with E-state index < -0.39 is 5.97 Å². The lowest BCUT2D eigenvalue weighted by molar-refractivity contribution is -0.134. The molecule has 21 heavy (non-hydrogen) atoms. The van der Waals surface area contributed by atoms with Gasteiger partial charge in [0.1, 0.15) is 5.75 Å². The highest BCUT2D eigenvalue weighted by Gasteiger charge is 1.94. The number of esters is 1. The monoisotopic (exact) mass is 289 g/mol. The van der Waals surface area contributed by atoms with E-state index in [1.807, 2.05) is 31.2 Å². The molecule has 0 aromatic heterocycles. The summed E-state index contributed by atoms with van der Waals surface area (Å²) in [7, 11) is 2.95. The Hall–Kier alpha value is -2.63. The molecular weight excluding hydrogens is 270 g/mol. The van der Waals surface area contributed by atoms with Crippen molar-refractivity contribution in [2.75, 3.05) is 14.2 Å². The zero-order chi connectivity index (χ0) is 15.5. The van der Waals surface area contributed by atoms with E-state index in [0.717, 1.165) is 11.3 Å². The minimum atomic E-state index is -0.425. The average molecular weight is 289 g/mol. The van der Waals surface area contributed by atoms with Crippen molar-refractivity contribution in [3.8, 4) is 5.75 Å². The second-order valence-corrected chi connectivity index (χ2v) is 3.96. The van der Waals surface area contributed by atoms with E-state index in [9.17, 15) is 4.79 Å². The van der Waals surface area contributed by atoms with Crippen molar-refractivity contribution in [2.45, 2.75) is 13.5 Å². The van der Waals surface area contributed by atoms with E-state index in [-0.39, 0.29) is 0 Å². The zero-order valence-corrected chi connectivity index (χ0v) is 12.4. The molecule has 0 heterocycles. The summed E-state index contributed by atoms with van der Waals surface area (Å²) in [4.78, 5) is 11.0. The van der Waals surface area contributed by atoms with Crippen molar-refractivity contribution in [3.63, 3.8) is 0 Å². The van der Waals surface area contributed by atoms with E-state index in [0.29, 0.717) is 12.2 Å². The number of nitrogens with zero attached hydrogens (tertiary/aromatic N) is 2. The Bertz CT molecular complexity index is 534. The summed E-state index contributed by atoms with van der Waals surface area (Å²) >= 11 is 0. The van der Waals surface area contributed by atoms with Crippen molar-refractivity contribution >= 4 is 5.97 Å². The SMILES string of the molecule is C/C=C(/C=C\C(=O)OC)NN=NCc1ccc(OC)cc1. The van der Waals surface area contributed by atoms with Crippen LogP contribution in [0.3, 0.4) is 0 Å². The normalized spacial score (nSPS) is 11.9. The van der Waals surface area contributed by atoms with Crippen molar-refractivity contribution in [1.82, 2.24) is 5.43 Å². The van der Waals surface area contributed by atoms with Gasteiger partial charge in [-0.05, 0) is 30.7 Å². The van der Waals surface area contributed by atoms with Gasteiger partial charge >= 0.3 is 5.97 Å². The zero-order valence-electron chi connectivity index (χ0n) is 12.4. The molecule has 0 atom stereocenters. The minimum absolute atomic E-state index is 0.425. The van der Waals surface area contributed by atoms with Crippen LogP contribution < -0.4 is 10.2 Å². The molecule has 6 nitrogen and oxygen atoms in total. The van der Waals surface area contributed by atoms with Gasteiger partial charge in [0.25, 0.3) is 0 Å². The lowest BCUT2D eigenvalue weighted by Gasteiger charge is -2.01. The summed E-state index contributed by atoms with van der Waals surface area (Å²) in [5.41, 5.74) is 4.42. The topological polar surface area (TPSA) is 72.3 Å². The van der Waals surface area contributed by atoms with Crippen molar-refractivity contribution in [3.05, 3.63) is 53.8 Å². The molecule has 0 fully saturated rings. The molecule has 0 amide bonds. The highest BCUT2D eigenvalue weighted by atomic mass is 16.5. The van der Waals surface area contributed by atoms with E-state index in [1.54, 1.807) is 19.3 Å². The number of allylic oxidation sites excluding steroid dienone is 2. The van der Waals surface area contributed by atoms with Gasteiger partial charge < -0.3 is 9.47 Å². The first-order chi connectivity index (χ1) is 10.2. The molecule has 6 heteroatoms. The molecule has 1 aromatic carbocycles. The minimum Gasteiger partial charge on any atom is -0.497 e. The molecule has 0 saturated carbocycles. The van der Waals surface area contributed by atoms with E-state index >= 15 is 0 Å². The third-order valence-corrected chi connectivity index (χ3v) is 2.57. The first kappa shape index (κ1) is 16.4. The van der Waals surface area contributed by atoms with Crippen LogP contribution in [0.1, 0.15) is 12.5 Å². The Kier molecular flexibility index (Phi) is 7.28. The second-order valence-electron chi connectivity index (χ2n) is 3.96. The summed E-state index contributed by atoms with van der Waals surface area (Å²) in [6.45, 7) is 2.28. The second kappa shape index (κ2) is 9.30. The third kappa shape index (κ3) is 6.38. The van der Waals surface area contributed by atoms with Gasteiger partial charge in [-0.2, -0.15) is 5.11 Å². The van der Waals surface area contributed by atoms with Gasteiger partial charge in [-0.15, -0.1) is 0 Å².